The quantitative estimate of drug-likeness (QED) is 0.300. The number of esters is 2. The lowest BCUT2D eigenvalue weighted by atomic mass is 10.1. The average Bonchev–Trinajstić information content (AvgIpc) is 2.70. The van der Waals surface area contributed by atoms with Crippen LogP contribution >= 0.6 is 0 Å². The van der Waals surface area contributed by atoms with E-state index in [2.05, 4.69) is 4.74 Å². The molecular formula is C19H20F8O4. The van der Waals surface area contributed by atoms with Gasteiger partial charge in [0.15, 0.2) is 6.61 Å². The SMILES string of the molecule is CCC(OC(=O)CCCC(=O)OCC(F)(F)C(F)(F)C(F)(F)C(F)F)c1ccccc1. The van der Waals surface area contributed by atoms with Crippen LogP contribution in [0.5, 0.6) is 0 Å². The molecule has 176 valence electrons. The molecule has 12 heteroatoms. The first-order chi connectivity index (χ1) is 14.3. The molecule has 0 N–H and O–H groups in total. The number of benzene rings is 1. The van der Waals surface area contributed by atoms with Crippen molar-refractivity contribution in [2.24, 2.45) is 0 Å². The number of alkyl halides is 8. The van der Waals surface area contributed by atoms with E-state index in [0.717, 1.165) is 5.56 Å². The van der Waals surface area contributed by atoms with Gasteiger partial charge in [-0.1, -0.05) is 37.3 Å². The molecule has 31 heavy (non-hydrogen) atoms. The maximum atomic E-state index is 13.3. The van der Waals surface area contributed by atoms with E-state index in [0.29, 0.717) is 6.42 Å². The molecule has 0 bridgehead atoms. The molecule has 0 heterocycles. The Hall–Kier alpha value is -2.40. The molecule has 0 saturated heterocycles. The summed E-state index contributed by atoms with van der Waals surface area (Å²) >= 11 is 0. The highest BCUT2D eigenvalue weighted by molar-refractivity contribution is 5.72. The highest BCUT2D eigenvalue weighted by Crippen LogP contribution is 2.48. The zero-order valence-corrected chi connectivity index (χ0v) is 16.2. The lowest BCUT2D eigenvalue weighted by Gasteiger charge is -2.31. The van der Waals surface area contributed by atoms with Crippen LogP contribution in [-0.2, 0) is 19.1 Å². The van der Waals surface area contributed by atoms with Gasteiger partial charge in [0, 0.05) is 12.8 Å². The minimum Gasteiger partial charge on any atom is -0.459 e. The van der Waals surface area contributed by atoms with E-state index in [1.807, 2.05) is 0 Å². The molecule has 0 saturated carbocycles. The van der Waals surface area contributed by atoms with E-state index < -0.39 is 55.3 Å². The summed E-state index contributed by atoms with van der Waals surface area (Å²) in [6, 6.07) is 8.69. The number of hydrogen-bond donors (Lipinski definition) is 0. The Morgan fingerprint density at radius 3 is 2.00 bits per heavy atom. The summed E-state index contributed by atoms with van der Waals surface area (Å²) in [6.45, 7) is -0.771. The molecule has 4 nitrogen and oxygen atoms in total. The number of halogens is 8. The summed E-state index contributed by atoms with van der Waals surface area (Å²) in [7, 11) is 0. The average molecular weight is 464 g/mol. The molecule has 1 unspecified atom stereocenters. The van der Waals surface area contributed by atoms with Crippen LogP contribution in [0.25, 0.3) is 0 Å². The molecule has 0 fully saturated rings. The van der Waals surface area contributed by atoms with Crippen LogP contribution in [-0.4, -0.2) is 42.7 Å². The van der Waals surface area contributed by atoms with Crippen LogP contribution in [0, 0.1) is 0 Å². The van der Waals surface area contributed by atoms with Gasteiger partial charge < -0.3 is 9.47 Å². The summed E-state index contributed by atoms with van der Waals surface area (Å²) in [4.78, 5) is 23.2. The summed E-state index contributed by atoms with van der Waals surface area (Å²) < 4.78 is 111. The molecule has 1 atom stereocenters. The van der Waals surface area contributed by atoms with Gasteiger partial charge in [-0.3, -0.25) is 9.59 Å². The van der Waals surface area contributed by atoms with Crippen molar-refractivity contribution in [1.82, 2.24) is 0 Å². The first kappa shape index (κ1) is 26.6. The Kier molecular flexibility index (Phi) is 9.25. The van der Waals surface area contributed by atoms with Gasteiger partial charge >= 0.3 is 36.1 Å². The Bertz CT molecular complexity index is 725. The van der Waals surface area contributed by atoms with Crippen LogP contribution in [0.2, 0.25) is 0 Å². The zero-order chi connectivity index (χ0) is 23.9. The predicted octanol–water partition coefficient (Wildman–Crippen LogP) is 5.57. The molecule has 0 spiro atoms. The van der Waals surface area contributed by atoms with E-state index in [9.17, 15) is 44.7 Å². The Morgan fingerprint density at radius 2 is 1.48 bits per heavy atom. The minimum atomic E-state index is -6.45. The first-order valence-corrected chi connectivity index (χ1v) is 9.08. The van der Waals surface area contributed by atoms with E-state index in [4.69, 9.17) is 4.74 Å². The van der Waals surface area contributed by atoms with Crippen molar-refractivity contribution in [3.05, 3.63) is 35.9 Å². The lowest BCUT2D eigenvalue weighted by molar-refractivity contribution is -0.344. The molecular weight excluding hydrogens is 444 g/mol. The fourth-order valence-electron chi connectivity index (χ4n) is 2.36. The normalized spacial score (nSPS) is 13.7. The second-order valence-electron chi connectivity index (χ2n) is 6.51. The first-order valence-electron chi connectivity index (χ1n) is 9.08. The third-order valence-electron chi connectivity index (χ3n) is 4.14. The fraction of sp³-hybridized carbons (Fsp3) is 0.579. The number of rotatable bonds is 12. The van der Waals surface area contributed by atoms with Crippen LogP contribution in [0.15, 0.2) is 30.3 Å². The van der Waals surface area contributed by atoms with Crippen molar-refractivity contribution < 1.29 is 54.2 Å². The van der Waals surface area contributed by atoms with Crippen LogP contribution < -0.4 is 0 Å². The molecule has 1 rings (SSSR count). The standard InChI is InChI=1S/C19H20F8O4/c1-2-13(12-7-4-3-5-8-12)31-15(29)10-6-9-14(28)30-11-17(22,23)19(26,27)18(24,25)16(20)21/h3-5,7-8,13,16H,2,6,9-11H2,1H3. The Balaban J connectivity index is 2.49. The van der Waals surface area contributed by atoms with Crippen molar-refractivity contribution in [1.29, 1.82) is 0 Å². The summed E-state index contributed by atoms with van der Waals surface area (Å²) in [6.07, 6.45) is -6.46. The van der Waals surface area contributed by atoms with E-state index in [-0.39, 0.29) is 12.8 Å². The highest BCUT2D eigenvalue weighted by Gasteiger charge is 2.75. The van der Waals surface area contributed by atoms with Crippen LogP contribution in [0.3, 0.4) is 0 Å². The van der Waals surface area contributed by atoms with Crippen LogP contribution in [0.1, 0.15) is 44.3 Å². The lowest BCUT2D eigenvalue weighted by Crippen LogP contribution is -2.59. The van der Waals surface area contributed by atoms with Crippen molar-refractivity contribution in [2.45, 2.75) is 62.9 Å². The molecule has 0 aliphatic carbocycles. The van der Waals surface area contributed by atoms with Gasteiger partial charge in [-0.15, -0.1) is 0 Å². The number of ether oxygens (including phenoxy) is 2. The van der Waals surface area contributed by atoms with Crippen molar-refractivity contribution >= 4 is 11.9 Å². The maximum Gasteiger partial charge on any atom is 0.381 e. The van der Waals surface area contributed by atoms with Crippen molar-refractivity contribution in [2.75, 3.05) is 6.61 Å². The van der Waals surface area contributed by atoms with Gasteiger partial charge in [-0.2, -0.15) is 26.3 Å². The van der Waals surface area contributed by atoms with Gasteiger partial charge in [0.2, 0.25) is 0 Å². The second-order valence-corrected chi connectivity index (χ2v) is 6.51. The molecule has 0 aliphatic rings. The Labute approximate surface area is 172 Å². The topological polar surface area (TPSA) is 52.6 Å². The van der Waals surface area contributed by atoms with Gasteiger partial charge in [0.25, 0.3) is 0 Å². The third kappa shape index (κ3) is 6.79. The Morgan fingerprint density at radius 1 is 0.935 bits per heavy atom. The third-order valence-corrected chi connectivity index (χ3v) is 4.14. The van der Waals surface area contributed by atoms with Crippen molar-refractivity contribution in [3.63, 3.8) is 0 Å². The second kappa shape index (κ2) is 10.8. The van der Waals surface area contributed by atoms with Gasteiger partial charge in [0.1, 0.15) is 6.10 Å². The maximum absolute atomic E-state index is 13.3. The largest absolute Gasteiger partial charge is 0.459 e. The minimum absolute atomic E-state index is 0.266. The molecule has 0 radical (unpaired) electrons. The highest BCUT2D eigenvalue weighted by atomic mass is 19.4. The van der Waals surface area contributed by atoms with E-state index in [1.165, 1.54) is 0 Å². The summed E-state index contributed by atoms with van der Waals surface area (Å²) in [5, 5.41) is 0. The summed E-state index contributed by atoms with van der Waals surface area (Å²) in [5.41, 5.74) is 0.724. The molecule has 1 aromatic carbocycles. The van der Waals surface area contributed by atoms with Gasteiger partial charge in [0.05, 0.1) is 0 Å². The smallest absolute Gasteiger partial charge is 0.381 e. The van der Waals surface area contributed by atoms with Crippen molar-refractivity contribution in [3.8, 4) is 0 Å². The van der Waals surface area contributed by atoms with Gasteiger partial charge in [-0.25, -0.2) is 8.78 Å². The molecule has 0 amide bonds. The zero-order valence-electron chi connectivity index (χ0n) is 16.2. The number of carbonyl (C=O) groups is 2. The van der Waals surface area contributed by atoms with Crippen LogP contribution in [0.4, 0.5) is 35.1 Å². The molecule has 0 aromatic heterocycles. The predicted molar refractivity (Wildman–Crippen MR) is 91.2 cm³/mol. The fourth-order valence-corrected chi connectivity index (χ4v) is 2.36. The van der Waals surface area contributed by atoms with Gasteiger partial charge in [-0.05, 0) is 18.4 Å². The summed E-state index contributed by atoms with van der Waals surface area (Å²) in [5.74, 6) is -20.8. The monoisotopic (exact) mass is 464 g/mol. The molecule has 0 aliphatic heterocycles. The van der Waals surface area contributed by atoms with E-state index in [1.54, 1.807) is 37.3 Å². The van der Waals surface area contributed by atoms with E-state index >= 15 is 0 Å². The number of carbonyl (C=O) groups excluding carboxylic acids is 2. The molecule has 1 aromatic rings. The number of hydrogen-bond acceptors (Lipinski definition) is 4.